The number of aldehydes is 1. The molecule has 1 aliphatic heterocycles. The van der Waals surface area contributed by atoms with E-state index in [1.165, 1.54) is 73.7 Å². The quantitative estimate of drug-likeness (QED) is 0.277. The minimum absolute atomic E-state index is 0.744. The Bertz CT molecular complexity index is 799. The highest BCUT2D eigenvalue weighted by Gasteiger charge is 2.17. The number of likely N-dealkylation sites (N-methyl/N-ethyl adjacent to an activating group) is 1. The molecule has 0 bridgehead atoms. The molecule has 2 nitrogen and oxygen atoms in total. The molecule has 0 saturated heterocycles. The third-order valence-electron chi connectivity index (χ3n) is 6.45. The van der Waals surface area contributed by atoms with Crippen LogP contribution >= 0.6 is 0 Å². The highest BCUT2D eigenvalue weighted by molar-refractivity contribution is 5.70. The number of benzene rings is 2. The Kier molecular flexibility index (Phi) is 10.9. The van der Waals surface area contributed by atoms with E-state index in [-0.39, 0.29) is 0 Å². The number of hydrogen-bond donors (Lipinski definition) is 0. The molecule has 0 aromatic heterocycles. The zero-order chi connectivity index (χ0) is 22.5. The monoisotopic (exact) mass is 417 g/mol. The second kappa shape index (κ2) is 13.7. The van der Waals surface area contributed by atoms with Crippen molar-refractivity contribution >= 4 is 12.0 Å². The Labute approximate surface area is 190 Å². The van der Waals surface area contributed by atoms with Gasteiger partial charge < -0.3 is 9.69 Å². The van der Waals surface area contributed by atoms with Crippen molar-refractivity contribution in [3.63, 3.8) is 0 Å². The summed E-state index contributed by atoms with van der Waals surface area (Å²) in [5, 5.41) is 0. The number of fused-ring (bicyclic) bond motifs is 1. The zero-order valence-corrected chi connectivity index (χ0v) is 19.5. The molecule has 2 aliphatic rings. The van der Waals surface area contributed by atoms with Crippen molar-refractivity contribution in [3.8, 4) is 24.0 Å². The molecule has 2 aromatic rings. The predicted octanol–water partition coefficient (Wildman–Crippen LogP) is 7.41. The van der Waals surface area contributed by atoms with E-state index in [2.05, 4.69) is 74.2 Å². The maximum atomic E-state index is 9.68. The summed E-state index contributed by atoms with van der Waals surface area (Å²) in [6.07, 6.45) is 21.4. The largest absolute Gasteiger partial charge is 0.374 e. The highest BCUT2D eigenvalue weighted by atomic mass is 16.1. The van der Waals surface area contributed by atoms with Crippen LogP contribution in [0.1, 0.15) is 81.8 Å². The van der Waals surface area contributed by atoms with Crippen LogP contribution in [0.2, 0.25) is 0 Å². The topological polar surface area (TPSA) is 20.3 Å². The second-order valence-electron chi connectivity index (χ2n) is 8.63. The van der Waals surface area contributed by atoms with E-state index < -0.39 is 0 Å². The molecule has 31 heavy (non-hydrogen) atoms. The number of hydrogen-bond acceptors (Lipinski definition) is 2. The van der Waals surface area contributed by atoms with Gasteiger partial charge in [-0.25, -0.2) is 0 Å². The molecular weight excluding hydrogens is 378 g/mol. The van der Waals surface area contributed by atoms with Gasteiger partial charge in [0.1, 0.15) is 6.29 Å². The highest BCUT2D eigenvalue weighted by Crippen LogP contribution is 2.35. The number of carbonyl (C=O) groups is 1. The van der Waals surface area contributed by atoms with E-state index in [1.807, 2.05) is 0 Å². The molecule has 2 aromatic carbocycles. The molecule has 1 saturated carbocycles. The van der Waals surface area contributed by atoms with Crippen LogP contribution in [0.15, 0.2) is 42.5 Å². The first kappa shape index (κ1) is 24.7. The van der Waals surface area contributed by atoms with Gasteiger partial charge >= 0.3 is 0 Å². The van der Waals surface area contributed by atoms with E-state index in [1.54, 1.807) is 5.56 Å². The van der Waals surface area contributed by atoms with Crippen molar-refractivity contribution < 1.29 is 4.79 Å². The standard InChI is InChI=1S/C21H25N.C6H12O.C2H2/c1-22-14-13-20-15-19(11-12-21(20)22)18-9-7-17(8-10-18)16-5-3-2-4-6-16;1-2-3-4-5-6-7;1-2/h7-12,15-16H,2-6,13-14H2,1H3;6H,2-5H2,1H3;1-2H. The van der Waals surface area contributed by atoms with Crippen molar-refractivity contribution in [2.45, 2.75) is 77.0 Å². The summed E-state index contributed by atoms with van der Waals surface area (Å²) in [7, 11) is 2.18. The van der Waals surface area contributed by atoms with Gasteiger partial charge in [-0.3, -0.25) is 0 Å². The summed E-state index contributed by atoms with van der Waals surface area (Å²) in [5.41, 5.74) is 7.17. The van der Waals surface area contributed by atoms with Gasteiger partial charge in [-0.2, -0.15) is 0 Å². The lowest BCUT2D eigenvalue weighted by molar-refractivity contribution is -0.107. The Morgan fingerprint density at radius 3 is 2.29 bits per heavy atom. The molecule has 1 heterocycles. The molecule has 0 N–H and O–H groups in total. The third-order valence-corrected chi connectivity index (χ3v) is 6.45. The Morgan fingerprint density at radius 2 is 1.65 bits per heavy atom. The average molecular weight is 418 g/mol. The molecule has 2 heteroatoms. The van der Waals surface area contributed by atoms with Crippen LogP contribution in [0.5, 0.6) is 0 Å². The van der Waals surface area contributed by atoms with Crippen LogP contribution in [0.3, 0.4) is 0 Å². The summed E-state index contributed by atoms with van der Waals surface area (Å²) in [5.74, 6) is 0.802. The van der Waals surface area contributed by atoms with Gasteiger partial charge in [-0.15, -0.1) is 12.8 Å². The number of terminal acetylenes is 1. The van der Waals surface area contributed by atoms with Gasteiger partial charge in [-0.1, -0.05) is 69.4 Å². The summed E-state index contributed by atoms with van der Waals surface area (Å²) < 4.78 is 0. The first-order chi connectivity index (χ1) is 15.2. The van der Waals surface area contributed by atoms with E-state index in [0.717, 1.165) is 31.6 Å². The molecule has 0 spiro atoms. The molecule has 0 unspecified atom stereocenters. The van der Waals surface area contributed by atoms with Gasteiger partial charge in [0.05, 0.1) is 0 Å². The molecule has 166 valence electrons. The first-order valence-electron chi connectivity index (χ1n) is 11.9. The van der Waals surface area contributed by atoms with E-state index in [9.17, 15) is 4.79 Å². The van der Waals surface area contributed by atoms with Crippen LogP contribution in [0.4, 0.5) is 5.69 Å². The molecular formula is C29H39NO. The fraction of sp³-hybridized carbons (Fsp3) is 0.483. The minimum Gasteiger partial charge on any atom is -0.374 e. The van der Waals surface area contributed by atoms with Gasteiger partial charge in [0.25, 0.3) is 0 Å². The molecule has 4 rings (SSSR count). The number of nitrogens with zero attached hydrogens (tertiary/aromatic N) is 1. The summed E-state index contributed by atoms with van der Waals surface area (Å²) >= 11 is 0. The summed E-state index contributed by atoms with van der Waals surface area (Å²) in [4.78, 5) is 12.0. The summed E-state index contributed by atoms with van der Waals surface area (Å²) in [6, 6.07) is 16.3. The van der Waals surface area contributed by atoms with Crippen molar-refractivity contribution in [1.82, 2.24) is 0 Å². The Morgan fingerprint density at radius 1 is 0.968 bits per heavy atom. The van der Waals surface area contributed by atoms with Gasteiger partial charge in [0.2, 0.25) is 0 Å². The number of rotatable bonds is 6. The maximum absolute atomic E-state index is 9.68. The van der Waals surface area contributed by atoms with Crippen LogP contribution in [-0.4, -0.2) is 19.9 Å². The lowest BCUT2D eigenvalue weighted by Crippen LogP contribution is -2.12. The number of anilines is 1. The lowest BCUT2D eigenvalue weighted by atomic mass is 9.83. The van der Waals surface area contributed by atoms with E-state index in [4.69, 9.17) is 0 Å². The van der Waals surface area contributed by atoms with E-state index in [0.29, 0.717) is 0 Å². The van der Waals surface area contributed by atoms with E-state index >= 15 is 0 Å². The normalized spacial score (nSPS) is 15.2. The molecule has 1 fully saturated rings. The zero-order valence-electron chi connectivity index (χ0n) is 19.5. The van der Waals surface area contributed by atoms with Crippen LogP contribution < -0.4 is 4.90 Å². The first-order valence-corrected chi connectivity index (χ1v) is 11.9. The Hall–Kier alpha value is -2.53. The smallest absolute Gasteiger partial charge is 0.119 e. The lowest BCUT2D eigenvalue weighted by Gasteiger charge is -2.22. The van der Waals surface area contributed by atoms with Crippen molar-refractivity contribution in [3.05, 3.63) is 53.6 Å². The minimum atomic E-state index is 0.744. The van der Waals surface area contributed by atoms with Crippen LogP contribution in [0, 0.1) is 12.8 Å². The van der Waals surface area contributed by atoms with Crippen molar-refractivity contribution in [2.75, 3.05) is 18.5 Å². The average Bonchev–Trinajstić information content (AvgIpc) is 3.22. The summed E-state index contributed by atoms with van der Waals surface area (Å²) in [6.45, 7) is 3.28. The number of unbranched alkanes of at least 4 members (excludes halogenated alkanes) is 3. The SMILES string of the molecule is C#C.CCCCCC=O.CN1CCc2cc(-c3ccc(C4CCCCC4)cc3)ccc21. The van der Waals surface area contributed by atoms with Crippen LogP contribution in [-0.2, 0) is 11.2 Å². The third kappa shape index (κ3) is 7.28. The van der Waals surface area contributed by atoms with Crippen molar-refractivity contribution in [1.29, 1.82) is 0 Å². The maximum Gasteiger partial charge on any atom is 0.119 e. The Balaban J connectivity index is 0.000000327. The van der Waals surface area contributed by atoms with Crippen LogP contribution in [0.25, 0.3) is 11.1 Å². The fourth-order valence-corrected chi connectivity index (χ4v) is 4.61. The molecule has 1 aliphatic carbocycles. The van der Waals surface area contributed by atoms with Gasteiger partial charge in [-0.05, 0) is 66.0 Å². The molecule has 0 amide bonds. The second-order valence-corrected chi connectivity index (χ2v) is 8.63. The molecule has 0 radical (unpaired) electrons. The van der Waals surface area contributed by atoms with Gasteiger partial charge in [0, 0.05) is 25.7 Å². The van der Waals surface area contributed by atoms with Gasteiger partial charge in [0.15, 0.2) is 0 Å². The predicted molar refractivity (Wildman–Crippen MR) is 135 cm³/mol. The van der Waals surface area contributed by atoms with Crippen molar-refractivity contribution in [2.24, 2.45) is 0 Å². The molecule has 0 atom stereocenters. The fourth-order valence-electron chi connectivity index (χ4n) is 4.61. The number of carbonyl (C=O) groups excluding carboxylic acids is 1.